The first kappa shape index (κ1) is 12.2. The third kappa shape index (κ3) is 1.72. The fraction of sp³-hybridized carbons (Fsp3) is 0.467. The molecule has 2 nitrogen and oxygen atoms in total. The van der Waals surface area contributed by atoms with Gasteiger partial charge in [0, 0.05) is 34.2 Å². The largest absolute Gasteiger partial charge is 0.345 e. The van der Waals surface area contributed by atoms with Crippen LogP contribution in [0.3, 0.4) is 0 Å². The number of fused-ring (bicyclic) bond motifs is 1. The molecule has 96 valence electrons. The fourth-order valence-electron chi connectivity index (χ4n) is 3.20. The van der Waals surface area contributed by atoms with E-state index in [1.165, 1.54) is 45.0 Å². The molecule has 1 saturated heterocycles. The summed E-state index contributed by atoms with van der Waals surface area (Å²) in [4.78, 5) is 0. The number of aromatic nitrogens is 1. The Morgan fingerprint density at radius 1 is 1.33 bits per heavy atom. The van der Waals surface area contributed by atoms with Gasteiger partial charge in [-0.2, -0.15) is 0 Å². The van der Waals surface area contributed by atoms with Crippen LogP contribution in [-0.2, 0) is 7.05 Å². The molecule has 18 heavy (non-hydrogen) atoms. The monoisotopic (exact) mass is 306 g/mol. The highest BCUT2D eigenvalue weighted by Crippen LogP contribution is 2.38. The second kappa shape index (κ2) is 4.39. The smallest absolute Gasteiger partial charge is 0.0499 e. The van der Waals surface area contributed by atoms with Crippen LogP contribution in [0.4, 0.5) is 0 Å². The van der Waals surface area contributed by atoms with Crippen LogP contribution in [0.15, 0.2) is 16.6 Å². The normalized spacial score (nSPS) is 19.9. The third-order valence-corrected chi connectivity index (χ3v) is 4.82. The number of rotatable bonds is 1. The molecule has 0 saturated carbocycles. The topological polar surface area (TPSA) is 17.0 Å². The van der Waals surface area contributed by atoms with Gasteiger partial charge in [-0.1, -0.05) is 6.07 Å². The lowest BCUT2D eigenvalue weighted by Crippen LogP contribution is -2.16. The van der Waals surface area contributed by atoms with E-state index in [1.807, 2.05) is 0 Å². The van der Waals surface area contributed by atoms with Crippen molar-refractivity contribution in [2.45, 2.75) is 32.7 Å². The van der Waals surface area contributed by atoms with Gasteiger partial charge < -0.3 is 9.88 Å². The van der Waals surface area contributed by atoms with Gasteiger partial charge >= 0.3 is 0 Å². The molecule has 1 aliphatic rings. The summed E-state index contributed by atoms with van der Waals surface area (Å²) >= 11 is 3.83. The van der Waals surface area contributed by atoms with E-state index in [0.717, 1.165) is 6.54 Å². The Morgan fingerprint density at radius 2 is 2.11 bits per heavy atom. The van der Waals surface area contributed by atoms with Gasteiger partial charge in [0.05, 0.1) is 0 Å². The number of nitrogens with one attached hydrogen (secondary N) is 1. The highest BCUT2D eigenvalue weighted by Gasteiger charge is 2.24. The molecule has 0 aliphatic carbocycles. The zero-order chi connectivity index (χ0) is 12.9. The highest BCUT2D eigenvalue weighted by atomic mass is 79.9. The van der Waals surface area contributed by atoms with E-state index in [4.69, 9.17) is 0 Å². The first-order valence-electron chi connectivity index (χ1n) is 6.58. The molecule has 0 radical (unpaired) electrons. The van der Waals surface area contributed by atoms with Crippen LogP contribution < -0.4 is 5.32 Å². The van der Waals surface area contributed by atoms with Crippen molar-refractivity contribution in [3.05, 3.63) is 33.4 Å². The lowest BCUT2D eigenvalue weighted by molar-refractivity contribution is 0.601. The average molecular weight is 307 g/mol. The Balaban J connectivity index is 2.30. The molecule has 3 rings (SSSR count). The summed E-state index contributed by atoms with van der Waals surface area (Å²) in [6.45, 7) is 5.50. The van der Waals surface area contributed by atoms with Crippen molar-refractivity contribution in [2.75, 3.05) is 6.54 Å². The second-order valence-electron chi connectivity index (χ2n) is 5.38. The van der Waals surface area contributed by atoms with E-state index in [2.05, 4.69) is 58.8 Å². The van der Waals surface area contributed by atoms with E-state index in [9.17, 15) is 0 Å². The predicted octanol–water partition coefficient (Wildman–Crippen LogP) is 3.98. The lowest BCUT2D eigenvalue weighted by atomic mass is 10.1. The maximum atomic E-state index is 3.83. The number of nitrogens with zero attached hydrogens (tertiary/aromatic N) is 1. The molecule has 1 fully saturated rings. The van der Waals surface area contributed by atoms with E-state index >= 15 is 0 Å². The van der Waals surface area contributed by atoms with Crippen molar-refractivity contribution in [3.8, 4) is 0 Å². The van der Waals surface area contributed by atoms with E-state index in [-0.39, 0.29) is 0 Å². The van der Waals surface area contributed by atoms with Gasteiger partial charge in [0.2, 0.25) is 0 Å². The molecule has 0 spiro atoms. The quantitative estimate of drug-likeness (QED) is 0.843. The second-order valence-corrected chi connectivity index (χ2v) is 6.18. The molecule has 1 aliphatic heterocycles. The summed E-state index contributed by atoms with van der Waals surface area (Å²) in [7, 11) is 2.18. The summed E-state index contributed by atoms with van der Waals surface area (Å²) in [5.41, 5.74) is 5.43. The van der Waals surface area contributed by atoms with Crippen LogP contribution in [0.1, 0.15) is 35.7 Å². The summed E-state index contributed by atoms with van der Waals surface area (Å²) in [6, 6.07) is 5.04. The molecule has 1 unspecified atom stereocenters. The zero-order valence-corrected chi connectivity index (χ0v) is 12.8. The van der Waals surface area contributed by atoms with Crippen molar-refractivity contribution < 1.29 is 0 Å². The maximum Gasteiger partial charge on any atom is 0.0499 e. The number of halogens is 1. The van der Waals surface area contributed by atoms with Gasteiger partial charge in [-0.25, -0.2) is 0 Å². The molecule has 0 amide bonds. The molecule has 2 heterocycles. The fourth-order valence-corrected chi connectivity index (χ4v) is 4.26. The maximum absolute atomic E-state index is 3.83. The van der Waals surface area contributed by atoms with Crippen LogP contribution in [0, 0.1) is 13.8 Å². The number of hydrogen-bond donors (Lipinski definition) is 1. The molecular formula is C15H19BrN2. The standard InChI is InChI=1S/C15H19BrN2/c1-9-7-10(2)13-12(8-9)18(3)15(14(13)16)11-5-4-6-17-11/h7-8,11,17H,4-6H2,1-3H3. The number of benzene rings is 1. The van der Waals surface area contributed by atoms with Gasteiger partial charge in [0.25, 0.3) is 0 Å². The molecule has 1 aromatic heterocycles. The van der Waals surface area contributed by atoms with E-state index in [0.29, 0.717) is 6.04 Å². The number of aryl methyl sites for hydroxylation is 3. The molecule has 2 aromatic rings. The lowest BCUT2D eigenvalue weighted by Gasteiger charge is -2.13. The van der Waals surface area contributed by atoms with Crippen LogP contribution >= 0.6 is 15.9 Å². The Hall–Kier alpha value is -0.800. The van der Waals surface area contributed by atoms with Crippen LogP contribution in [0.2, 0.25) is 0 Å². The van der Waals surface area contributed by atoms with Gasteiger partial charge in [0.1, 0.15) is 0 Å². The number of hydrogen-bond acceptors (Lipinski definition) is 1. The van der Waals surface area contributed by atoms with E-state index < -0.39 is 0 Å². The molecule has 3 heteroatoms. The summed E-state index contributed by atoms with van der Waals surface area (Å²) < 4.78 is 3.62. The summed E-state index contributed by atoms with van der Waals surface area (Å²) in [5.74, 6) is 0. The molecule has 1 aromatic carbocycles. The molecule has 1 N–H and O–H groups in total. The first-order chi connectivity index (χ1) is 8.59. The highest BCUT2D eigenvalue weighted by molar-refractivity contribution is 9.10. The molecule has 0 bridgehead atoms. The van der Waals surface area contributed by atoms with Gasteiger partial charge in [0.15, 0.2) is 0 Å². The van der Waals surface area contributed by atoms with Crippen molar-refractivity contribution in [3.63, 3.8) is 0 Å². The minimum atomic E-state index is 0.497. The van der Waals surface area contributed by atoms with E-state index in [1.54, 1.807) is 0 Å². The van der Waals surface area contributed by atoms with Crippen LogP contribution in [-0.4, -0.2) is 11.1 Å². The van der Waals surface area contributed by atoms with Crippen LogP contribution in [0.5, 0.6) is 0 Å². The van der Waals surface area contributed by atoms with Crippen LogP contribution in [0.25, 0.3) is 10.9 Å². The average Bonchev–Trinajstić information content (AvgIpc) is 2.87. The summed E-state index contributed by atoms with van der Waals surface area (Å²) in [6.07, 6.45) is 2.51. The van der Waals surface area contributed by atoms with Crippen molar-refractivity contribution in [2.24, 2.45) is 7.05 Å². The minimum absolute atomic E-state index is 0.497. The van der Waals surface area contributed by atoms with Gasteiger partial charge in [-0.15, -0.1) is 0 Å². The molecular weight excluding hydrogens is 288 g/mol. The Labute approximate surface area is 116 Å². The van der Waals surface area contributed by atoms with Gasteiger partial charge in [-0.05, 0) is 66.4 Å². The van der Waals surface area contributed by atoms with Gasteiger partial charge in [-0.3, -0.25) is 0 Å². The minimum Gasteiger partial charge on any atom is -0.345 e. The Bertz CT molecular complexity index is 607. The predicted molar refractivity (Wildman–Crippen MR) is 80.1 cm³/mol. The van der Waals surface area contributed by atoms with Crippen molar-refractivity contribution >= 4 is 26.8 Å². The van der Waals surface area contributed by atoms with Crippen molar-refractivity contribution in [1.29, 1.82) is 0 Å². The molecule has 1 atom stereocenters. The third-order valence-electron chi connectivity index (χ3n) is 4.02. The Kier molecular flexibility index (Phi) is 2.99. The Morgan fingerprint density at radius 3 is 2.78 bits per heavy atom. The van der Waals surface area contributed by atoms with Crippen molar-refractivity contribution in [1.82, 2.24) is 9.88 Å². The first-order valence-corrected chi connectivity index (χ1v) is 7.37. The summed E-state index contributed by atoms with van der Waals surface area (Å²) in [5, 5.41) is 4.97. The SMILES string of the molecule is Cc1cc(C)c2c(Br)c(C3CCCN3)n(C)c2c1. The zero-order valence-electron chi connectivity index (χ0n) is 11.2.